The van der Waals surface area contributed by atoms with E-state index in [2.05, 4.69) is 137 Å². The summed E-state index contributed by atoms with van der Waals surface area (Å²) in [7, 11) is 9.81. The molecule has 0 radical (unpaired) electrons. The summed E-state index contributed by atoms with van der Waals surface area (Å²) < 4.78 is 8.51. The number of hydrogen-bond donors (Lipinski definition) is 0. The Bertz CT molecular complexity index is 2110. The van der Waals surface area contributed by atoms with Gasteiger partial charge in [0.25, 0.3) is 0 Å². The van der Waals surface area contributed by atoms with E-state index in [1.807, 2.05) is 0 Å². The van der Waals surface area contributed by atoms with Gasteiger partial charge >= 0.3 is 37.9 Å². The Hall–Kier alpha value is -2.20. The fourth-order valence-electron chi connectivity index (χ4n) is 8.04. The standard InChI is InChI=1S/C41H45NOSi.2ClH.Zr/c1-28-23-24-36-35(27-28)37-38(42(36)5)31-19-11-14-22-34(31)40(37)44(6,26-16-8-7-15-25-43-41(2,3)4)39-32-20-12-9-17-29(32)30-18-10-13-21-33(30)39;;;/h9-14,17-24,27H,7-8,15-16,25-26H2,1-6H3;2*1H;/q-2;;;+4/p-2. The van der Waals surface area contributed by atoms with Crippen molar-refractivity contribution in [2.75, 3.05) is 6.61 Å². The fourth-order valence-corrected chi connectivity index (χ4v) is 13.0. The van der Waals surface area contributed by atoms with Gasteiger partial charge in [-0.05, 0) is 45.7 Å². The number of fused-ring (bicyclic) bond motifs is 8. The van der Waals surface area contributed by atoms with E-state index in [-0.39, 0.29) is 5.60 Å². The van der Waals surface area contributed by atoms with Crippen LogP contribution in [0.3, 0.4) is 0 Å². The van der Waals surface area contributed by atoms with Crippen molar-refractivity contribution < 1.29 is 25.6 Å². The summed E-state index contributed by atoms with van der Waals surface area (Å²) in [4.78, 5) is 0. The van der Waals surface area contributed by atoms with Crippen LogP contribution in [0.4, 0.5) is 0 Å². The molecule has 1 aromatic heterocycles. The first-order valence-corrected chi connectivity index (χ1v) is 25.9. The zero-order valence-electron chi connectivity index (χ0n) is 28.5. The van der Waals surface area contributed by atoms with E-state index < -0.39 is 28.9 Å². The van der Waals surface area contributed by atoms with Crippen LogP contribution in [0.1, 0.15) is 52.0 Å². The van der Waals surface area contributed by atoms with Gasteiger partial charge in [-0.1, -0.05) is 120 Å². The molecule has 0 fully saturated rings. The van der Waals surface area contributed by atoms with Gasteiger partial charge in [0.05, 0.1) is 5.60 Å². The molecule has 0 spiro atoms. The summed E-state index contributed by atoms with van der Waals surface area (Å²) in [5, 5.41) is 14.7. The summed E-state index contributed by atoms with van der Waals surface area (Å²) in [5.74, 6) is 0. The monoisotopic (exact) mass is 755 g/mol. The molecule has 0 bridgehead atoms. The van der Waals surface area contributed by atoms with Gasteiger partial charge in [-0.2, -0.15) is 0 Å². The Labute approximate surface area is 299 Å². The van der Waals surface area contributed by atoms with Crippen LogP contribution in [0.2, 0.25) is 12.6 Å². The van der Waals surface area contributed by atoms with E-state index in [4.69, 9.17) is 21.8 Å². The zero-order valence-corrected chi connectivity index (χ0v) is 33.5. The molecule has 0 saturated carbocycles. The minimum absolute atomic E-state index is 0.0631. The number of nitrogens with zero attached hydrogens (tertiary/aromatic N) is 1. The molecule has 47 heavy (non-hydrogen) atoms. The fraction of sp³-hybridized carbons (Fsp3) is 0.317. The van der Waals surface area contributed by atoms with Crippen molar-refractivity contribution in [1.82, 2.24) is 4.57 Å². The second-order valence-corrected chi connectivity index (χ2v) is 22.1. The molecule has 0 aliphatic carbocycles. The predicted molar refractivity (Wildman–Crippen MR) is 207 cm³/mol. The van der Waals surface area contributed by atoms with Gasteiger partial charge in [0.1, 0.15) is 0 Å². The zero-order chi connectivity index (χ0) is 33.3. The van der Waals surface area contributed by atoms with Gasteiger partial charge in [-0.3, -0.25) is 0 Å². The first kappa shape index (κ1) is 34.7. The Morgan fingerprint density at radius 3 is 1.85 bits per heavy atom. The summed E-state index contributed by atoms with van der Waals surface area (Å²) in [6.45, 7) is 12.2. The molecule has 7 rings (SSSR count). The van der Waals surface area contributed by atoms with Crippen molar-refractivity contribution in [2.24, 2.45) is 7.05 Å². The third-order valence-corrected chi connectivity index (χ3v) is 14.6. The van der Waals surface area contributed by atoms with Crippen LogP contribution in [0.5, 0.6) is 0 Å². The molecule has 0 saturated heterocycles. The average molecular weight is 758 g/mol. The van der Waals surface area contributed by atoms with Crippen LogP contribution < -0.4 is 10.4 Å². The number of aryl methyl sites for hydroxylation is 2. The SMILES string of the molecule is Cc1ccc2c(c1)c1c(c3ccccc3[c-]1[Si](C)(CCCCCCOC(C)(C)C)[c-]1c3ccccc3c3ccccc31)n2C.[Cl][Zr+2][Cl]. The van der Waals surface area contributed by atoms with Crippen LogP contribution >= 0.6 is 17.0 Å². The van der Waals surface area contributed by atoms with Crippen molar-refractivity contribution in [3.05, 3.63) is 96.6 Å². The summed E-state index contributed by atoms with van der Waals surface area (Å²) in [6, 6.07) is 35.9. The van der Waals surface area contributed by atoms with Gasteiger partial charge in [0.15, 0.2) is 0 Å². The van der Waals surface area contributed by atoms with Gasteiger partial charge in [0.2, 0.25) is 0 Å². The Balaban J connectivity index is 0.00000124. The first-order valence-electron chi connectivity index (χ1n) is 16.8. The molecule has 6 aromatic carbocycles. The maximum absolute atomic E-state index is 6.05. The summed E-state index contributed by atoms with van der Waals surface area (Å²) >= 11 is -0.826. The number of rotatable bonds is 9. The van der Waals surface area contributed by atoms with Gasteiger partial charge in [-0.15, -0.1) is 55.5 Å². The van der Waals surface area contributed by atoms with Crippen LogP contribution in [-0.2, 0) is 32.6 Å². The molecule has 2 nitrogen and oxygen atoms in total. The molecular formula is C41H45Cl2NOSiZr. The van der Waals surface area contributed by atoms with Gasteiger partial charge in [0, 0.05) is 27.2 Å². The number of halogens is 2. The van der Waals surface area contributed by atoms with E-state index in [0.29, 0.717) is 0 Å². The molecule has 242 valence electrons. The summed E-state index contributed by atoms with van der Waals surface area (Å²) in [5.41, 5.74) is 3.99. The van der Waals surface area contributed by atoms with Crippen molar-refractivity contribution in [3.63, 3.8) is 0 Å². The number of benzene rings is 4. The molecule has 1 heterocycles. The third kappa shape index (κ3) is 6.59. The molecule has 0 amide bonds. The van der Waals surface area contributed by atoms with Crippen LogP contribution in [0.25, 0.3) is 54.1 Å². The normalized spacial score (nSPS) is 13.4. The Morgan fingerprint density at radius 2 is 1.26 bits per heavy atom. The topological polar surface area (TPSA) is 14.2 Å². The number of aromatic nitrogens is 1. The van der Waals surface area contributed by atoms with Crippen molar-refractivity contribution in [2.45, 2.75) is 71.6 Å². The Kier molecular flexibility index (Phi) is 10.6. The molecule has 6 heteroatoms. The first-order chi connectivity index (χ1) is 22.6. The maximum atomic E-state index is 6.05. The summed E-state index contributed by atoms with van der Waals surface area (Å²) in [6.07, 6.45) is 4.82. The second kappa shape index (κ2) is 14.3. The van der Waals surface area contributed by atoms with Crippen molar-refractivity contribution in [3.8, 4) is 0 Å². The van der Waals surface area contributed by atoms with Gasteiger partial charge < -0.3 is 9.30 Å². The molecule has 1 unspecified atom stereocenters. The Morgan fingerprint density at radius 1 is 0.723 bits per heavy atom. The molecule has 1 atom stereocenters. The van der Waals surface area contributed by atoms with Crippen molar-refractivity contribution >= 4 is 89.6 Å². The molecule has 0 aliphatic heterocycles. The molecular weight excluding hydrogens is 713 g/mol. The number of unbranched alkanes of at least 4 members (excludes halogenated alkanes) is 3. The minimum atomic E-state index is -2.32. The van der Waals surface area contributed by atoms with E-state index in [0.717, 1.165) is 13.0 Å². The third-order valence-electron chi connectivity index (χ3n) is 9.95. The van der Waals surface area contributed by atoms with E-state index in [1.165, 1.54) is 85.0 Å². The van der Waals surface area contributed by atoms with Gasteiger partial charge in [-0.25, -0.2) is 0 Å². The quantitative estimate of drug-likeness (QED) is 0.0813. The average Bonchev–Trinajstić information content (AvgIpc) is 3.67. The van der Waals surface area contributed by atoms with E-state index in [1.54, 1.807) is 10.4 Å². The molecule has 0 N–H and O–H groups in total. The predicted octanol–water partition coefficient (Wildman–Crippen LogP) is 11.5. The number of ether oxygens (including phenoxy) is 1. The molecule has 0 aliphatic rings. The van der Waals surface area contributed by atoms with Crippen LogP contribution in [-0.4, -0.2) is 24.8 Å². The number of hydrogen-bond acceptors (Lipinski definition) is 1. The van der Waals surface area contributed by atoms with Crippen LogP contribution in [0.15, 0.2) is 91.0 Å². The van der Waals surface area contributed by atoms with Crippen molar-refractivity contribution in [1.29, 1.82) is 0 Å². The van der Waals surface area contributed by atoms with Crippen LogP contribution in [0, 0.1) is 6.92 Å². The van der Waals surface area contributed by atoms with E-state index >= 15 is 0 Å². The molecule has 7 aromatic rings. The second-order valence-electron chi connectivity index (χ2n) is 14.2. The van der Waals surface area contributed by atoms with E-state index in [9.17, 15) is 0 Å².